The summed E-state index contributed by atoms with van der Waals surface area (Å²) in [5, 5.41) is 4.52. The second-order valence-electron chi connectivity index (χ2n) is 6.17. The van der Waals surface area contributed by atoms with Gasteiger partial charge in [-0.3, -0.25) is 4.79 Å². The molecule has 0 amide bonds. The van der Waals surface area contributed by atoms with Crippen molar-refractivity contribution in [1.29, 1.82) is 0 Å². The molecule has 0 fully saturated rings. The van der Waals surface area contributed by atoms with Crippen LogP contribution in [0.15, 0.2) is 71.8 Å². The van der Waals surface area contributed by atoms with Crippen LogP contribution in [0.2, 0.25) is 0 Å². The van der Waals surface area contributed by atoms with Gasteiger partial charge < -0.3 is 14.0 Å². The Bertz CT molecular complexity index is 1140. The van der Waals surface area contributed by atoms with E-state index in [-0.39, 0.29) is 5.56 Å². The number of methoxy groups -OCH3 is 2. The summed E-state index contributed by atoms with van der Waals surface area (Å²) in [5.41, 5.74) is 3.11. The predicted molar refractivity (Wildman–Crippen MR) is 104 cm³/mol. The highest BCUT2D eigenvalue weighted by Gasteiger charge is 2.10. The SMILES string of the molecule is COc1ccc(-c2cc3c(=O)n(Cc4cccc(OC)c4)ccn3n2)cc1. The number of hydrogen-bond acceptors (Lipinski definition) is 4. The molecule has 0 aliphatic heterocycles. The Hall–Kier alpha value is -3.54. The Morgan fingerprint density at radius 2 is 1.70 bits per heavy atom. The Labute approximate surface area is 156 Å². The van der Waals surface area contributed by atoms with Crippen molar-refractivity contribution in [3.8, 4) is 22.8 Å². The molecule has 2 aromatic carbocycles. The van der Waals surface area contributed by atoms with E-state index in [0.717, 1.165) is 28.3 Å². The average Bonchev–Trinajstić information content (AvgIpc) is 3.15. The average molecular weight is 361 g/mol. The summed E-state index contributed by atoms with van der Waals surface area (Å²) in [5.74, 6) is 1.55. The van der Waals surface area contributed by atoms with Crippen molar-refractivity contribution in [2.24, 2.45) is 0 Å². The number of aromatic nitrogens is 3. The third-order valence-electron chi connectivity index (χ3n) is 4.48. The molecule has 6 heteroatoms. The van der Waals surface area contributed by atoms with Crippen LogP contribution in [0.5, 0.6) is 11.5 Å². The van der Waals surface area contributed by atoms with Gasteiger partial charge in [-0.1, -0.05) is 12.1 Å². The molecule has 0 atom stereocenters. The summed E-state index contributed by atoms with van der Waals surface area (Å²) in [4.78, 5) is 12.9. The summed E-state index contributed by atoms with van der Waals surface area (Å²) in [7, 11) is 3.26. The molecule has 0 aliphatic carbocycles. The van der Waals surface area contributed by atoms with Gasteiger partial charge in [0.25, 0.3) is 5.56 Å². The lowest BCUT2D eigenvalue weighted by Gasteiger charge is -2.07. The minimum atomic E-state index is -0.0902. The first-order valence-corrected chi connectivity index (χ1v) is 8.54. The number of hydrogen-bond donors (Lipinski definition) is 0. The third kappa shape index (κ3) is 3.29. The standard InChI is InChI=1S/C21H19N3O3/c1-26-17-8-6-16(7-9-17)19-13-20-21(25)23(10-11-24(20)22-19)14-15-4-3-5-18(12-15)27-2/h3-13H,14H2,1-2H3. The van der Waals surface area contributed by atoms with E-state index in [1.807, 2.05) is 54.6 Å². The molecular weight excluding hydrogens is 342 g/mol. The van der Waals surface area contributed by atoms with Crippen molar-refractivity contribution < 1.29 is 9.47 Å². The maximum atomic E-state index is 12.9. The van der Waals surface area contributed by atoms with Crippen molar-refractivity contribution in [2.75, 3.05) is 14.2 Å². The molecule has 0 unspecified atom stereocenters. The fraction of sp³-hybridized carbons (Fsp3) is 0.143. The molecule has 136 valence electrons. The van der Waals surface area contributed by atoms with Crippen molar-refractivity contribution in [3.63, 3.8) is 0 Å². The Morgan fingerprint density at radius 1 is 0.926 bits per heavy atom. The molecule has 0 saturated carbocycles. The quantitative estimate of drug-likeness (QED) is 0.548. The van der Waals surface area contributed by atoms with Crippen LogP contribution in [0.4, 0.5) is 0 Å². The fourth-order valence-electron chi connectivity index (χ4n) is 3.02. The van der Waals surface area contributed by atoms with Gasteiger partial charge in [0.05, 0.1) is 26.5 Å². The van der Waals surface area contributed by atoms with E-state index >= 15 is 0 Å². The second kappa shape index (κ2) is 6.99. The molecule has 0 saturated heterocycles. The molecule has 0 bridgehead atoms. The number of fused-ring (bicyclic) bond motifs is 1. The maximum absolute atomic E-state index is 12.9. The van der Waals surface area contributed by atoms with Gasteiger partial charge in [-0.2, -0.15) is 5.10 Å². The highest BCUT2D eigenvalue weighted by molar-refractivity contribution is 5.66. The molecule has 6 nitrogen and oxygen atoms in total. The first-order chi connectivity index (χ1) is 13.2. The first kappa shape index (κ1) is 16.9. The summed E-state index contributed by atoms with van der Waals surface area (Å²) < 4.78 is 13.7. The van der Waals surface area contributed by atoms with Crippen LogP contribution in [0.25, 0.3) is 16.8 Å². The molecule has 0 radical (unpaired) electrons. The largest absolute Gasteiger partial charge is 0.497 e. The predicted octanol–water partition coefficient (Wildman–Crippen LogP) is 3.23. The van der Waals surface area contributed by atoms with Crippen LogP contribution in [-0.4, -0.2) is 28.4 Å². The van der Waals surface area contributed by atoms with Crippen LogP contribution < -0.4 is 15.0 Å². The van der Waals surface area contributed by atoms with Crippen LogP contribution in [0.1, 0.15) is 5.56 Å². The normalized spacial score (nSPS) is 10.9. The highest BCUT2D eigenvalue weighted by Crippen LogP contribution is 2.21. The lowest BCUT2D eigenvalue weighted by Crippen LogP contribution is -2.21. The molecule has 27 heavy (non-hydrogen) atoms. The zero-order valence-corrected chi connectivity index (χ0v) is 15.1. The molecule has 0 spiro atoms. The fourth-order valence-corrected chi connectivity index (χ4v) is 3.02. The Kier molecular flexibility index (Phi) is 4.38. The van der Waals surface area contributed by atoms with Gasteiger partial charge in [-0.15, -0.1) is 0 Å². The molecule has 0 aliphatic rings. The number of nitrogens with zero attached hydrogens (tertiary/aromatic N) is 3. The van der Waals surface area contributed by atoms with E-state index in [1.165, 1.54) is 0 Å². The Morgan fingerprint density at radius 3 is 2.44 bits per heavy atom. The van der Waals surface area contributed by atoms with E-state index < -0.39 is 0 Å². The lowest BCUT2D eigenvalue weighted by molar-refractivity contribution is 0.414. The van der Waals surface area contributed by atoms with Crippen LogP contribution >= 0.6 is 0 Å². The van der Waals surface area contributed by atoms with Gasteiger partial charge in [-0.25, -0.2) is 4.52 Å². The number of rotatable bonds is 5. The molecule has 0 N–H and O–H groups in total. The Balaban J connectivity index is 1.70. The molecule has 4 rings (SSSR count). The van der Waals surface area contributed by atoms with E-state index in [4.69, 9.17) is 9.47 Å². The topological polar surface area (TPSA) is 57.8 Å². The number of benzene rings is 2. The van der Waals surface area contributed by atoms with Gasteiger partial charge in [0.2, 0.25) is 0 Å². The monoisotopic (exact) mass is 361 g/mol. The first-order valence-electron chi connectivity index (χ1n) is 8.54. The zero-order chi connectivity index (χ0) is 18.8. The summed E-state index contributed by atoms with van der Waals surface area (Å²) in [6, 6.07) is 17.1. The van der Waals surface area contributed by atoms with Gasteiger partial charge in [0.15, 0.2) is 0 Å². The smallest absolute Gasteiger partial charge is 0.276 e. The van der Waals surface area contributed by atoms with Gasteiger partial charge >= 0.3 is 0 Å². The van der Waals surface area contributed by atoms with E-state index in [2.05, 4.69) is 5.10 Å². The van der Waals surface area contributed by atoms with Gasteiger partial charge in [0, 0.05) is 18.0 Å². The van der Waals surface area contributed by atoms with Crippen molar-refractivity contribution in [3.05, 3.63) is 82.9 Å². The molecule has 4 aromatic rings. The molecular formula is C21H19N3O3. The maximum Gasteiger partial charge on any atom is 0.276 e. The van der Waals surface area contributed by atoms with Crippen LogP contribution in [0, 0.1) is 0 Å². The van der Waals surface area contributed by atoms with Crippen LogP contribution in [-0.2, 0) is 6.54 Å². The molecule has 2 heterocycles. The highest BCUT2D eigenvalue weighted by atomic mass is 16.5. The summed E-state index contributed by atoms with van der Waals surface area (Å²) in [6.07, 6.45) is 3.55. The van der Waals surface area contributed by atoms with E-state index in [9.17, 15) is 4.79 Å². The van der Waals surface area contributed by atoms with E-state index in [1.54, 1.807) is 35.7 Å². The van der Waals surface area contributed by atoms with Crippen molar-refractivity contribution in [1.82, 2.24) is 14.2 Å². The lowest BCUT2D eigenvalue weighted by atomic mass is 10.1. The zero-order valence-electron chi connectivity index (χ0n) is 15.1. The summed E-state index contributed by atoms with van der Waals surface area (Å²) in [6.45, 7) is 0.468. The second-order valence-corrected chi connectivity index (χ2v) is 6.17. The van der Waals surface area contributed by atoms with Gasteiger partial charge in [-0.05, 0) is 48.0 Å². The van der Waals surface area contributed by atoms with E-state index in [0.29, 0.717) is 12.1 Å². The summed E-state index contributed by atoms with van der Waals surface area (Å²) >= 11 is 0. The van der Waals surface area contributed by atoms with Gasteiger partial charge in [0.1, 0.15) is 17.0 Å². The minimum Gasteiger partial charge on any atom is -0.497 e. The van der Waals surface area contributed by atoms with Crippen molar-refractivity contribution in [2.45, 2.75) is 6.54 Å². The minimum absolute atomic E-state index is 0.0902. The molecule has 2 aromatic heterocycles. The van der Waals surface area contributed by atoms with Crippen molar-refractivity contribution >= 4 is 5.52 Å². The third-order valence-corrected chi connectivity index (χ3v) is 4.48. The van der Waals surface area contributed by atoms with Crippen LogP contribution in [0.3, 0.4) is 0 Å². The number of ether oxygens (including phenoxy) is 2.